The van der Waals surface area contributed by atoms with E-state index in [1.165, 1.54) is 10.7 Å². The van der Waals surface area contributed by atoms with Crippen molar-refractivity contribution in [3.63, 3.8) is 0 Å². The van der Waals surface area contributed by atoms with Crippen molar-refractivity contribution in [2.45, 2.75) is 37.1 Å². The molecule has 118 valence electrons. The maximum Gasteiger partial charge on any atom is 0.242 e. The molecule has 6 heteroatoms. The van der Waals surface area contributed by atoms with Crippen LogP contribution < -0.4 is 10.1 Å². The van der Waals surface area contributed by atoms with Gasteiger partial charge in [0.1, 0.15) is 5.75 Å². The van der Waals surface area contributed by atoms with E-state index >= 15 is 0 Å². The van der Waals surface area contributed by atoms with Crippen LogP contribution in [0.4, 0.5) is 0 Å². The standard InChI is InChI=1S/C15H24N2O3S/c1-3-20-14-7-9-15(10-8-14)21(18,19)17(2)12-13-6-4-5-11-16-13/h7-10,13,16H,3-6,11-12H2,1-2H3. The Morgan fingerprint density at radius 2 is 2.00 bits per heavy atom. The minimum atomic E-state index is -3.43. The highest BCUT2D eigenvalue weighted by atomic mass is 32.2. The molecule has 21 heavy (non-hydrogen) atoms. The van der Waals surface area contributed by atoms with Crippen LogP contribution in [0.5, 0.6) is 5.75 Å². The average Bonchev–Trinajstić information content (AvgIpc) is 2.49. The molecular weight excluding hydrogens is 288 g/mol. The first-order valence-corrected chi connectivity index (χ1v) is 8.90. The van der Waals surface area contributed by atoms with Gasteiger partial charge in [0, 0.05) is 19.6 Å². The highest BCUT2D eigenvalue weighted by Gasteiger charge is 2.24. The Morgan fingerprint density at radius 1 is 1.29 bits per heavy atom. The number of sulfonamides is 1. The van der Waals surface area contributed by atoms with E-state index in [-0.39, 0.29) is 6.04 Å². The Kier molecular flexibility index (Phi) is 5.61. The fourth-order valence-corrected chi connectivity index (χ4v) is 3.76. The normalized spacial score (nSPS) is 19.7. The van der Waals surface area contributed by atoms with E-state index in [2.05, 4.69) is 5.32 Å². The van der Waals surface area contributed by atoms with Gasteiger partial charge in [0.05, 0.1) is 11.5 Å². The van der Waals surface area contributed by atoms with Crippen LogP contribution in [-0.2, 0) is 10.0 Å². The zero-order valence-electron chi connectivity index (χ0n) is 12.7. The van der Waals surface area contributed by atoms with Gasteiger partial charge < -0.3 is 10.1 Å². The summed E-state index contributed by atoms with van der Waals surface area (Å²) in [6, 6.07) is 6.85. The molecule has 1 aromatic rings. The predicted octanol–water partition coefficient (Wildman–Crippen LogP) is 1.85. The van der Waals surface area contributed by atoms with E-state index in [9.17, 15) is 8.42 Å². The van der Waals surface area contributed by atoms with Crippen molar-refractivity contribution < 1.29 is 13.2 Å². The van der Waals surface area contributed by atoms with Crippen molar-refractivity contribution in [1.82, 2.24) is 9.62 Å². The fraction of sp³-hybridized carbons (Fsp3) is 0.600. The summed E-state index contributed by atoms with van der Waals surface area (Å²) < 4.78 is 31.8. The van der Waals surface area contributed by atoms with Crippen molar-refractivity contribution in [3.8, 4) is 5.75 Å². The molecule has 1 N–H and O–H groups in total. The van der Waals surface area contributed by atoms with Crippen LogP contribution in [-0.4, -0.2) is 45.5 Å². The van der Waals surface area contributed by atoms with Crippen LogP contribution in [0.15, 0.2) is 29.2 Å². The van der Waals surface area contributed by atoms with E-state index in [4.69, 9.17) is 4.74 Å². The summed E-state index contributed by atoms with van der Waals surface area (Å²) in [6.45, 7) is 3.95. The number of rotatable bonds is 6. The molecule has 1 aliphatic rings. The number of hydrogen-bond acceptors (Lipinski definition) is 4. The van der Waals surface area contributed by atoms with Crippen LogP contribution in [0, 0.1) is 0 Å². The van der Waals surface area contributed by atoms with Gasteiger partial charge in [-0.25, -0.2) is 8.42 Å². The molecule has 0 aromatic heterocycles. The van der Waals surface area contributed by atoms with Crippen molar-refractivity contribution in [3.05, 3.63) is 24.3 Å². The summed E-state index contributed by atoms with van der Waals surface area (Å²) in [5.41, 5.74) is 0. The monoisotopic (exact) mass is 312 g/mol. The van der Waals surface area contributed by atoms with Gasteiger partial charge in [0.2, 0.25) is 10.0 Å². The molecule has 1 unspecified atom stereocenters. The molecule has 1 fully saturated rings. The van der Waals surface area contributed by atoms with E-state index in [1.54, 1.807) is 31.3 Å². The first kappa shape index (κ1) is 16.3. The number of nitrogens with one attached hydrogen (secondary N) is 1. The van der Waals surface area contributed by atoms with Crippen LogP contribution in [0.2, 0.25) is 0 Å². The Labute approximate surface area is 127 Å². The molecule has 0 bridgehead atoms. The Balaban J connectivity index is 2.05. The second-order valence-electron chi connectivity index (χ2n) is 5.34. The summed E-state index contributed by atoms with van der Waals surface area (Å²) in [5.74, 6) is 0.688. The van der Waals surface area contributed by atoms with Gasteiger partial charge >= 0.3 is 0 Å². The molecular formula is C15H24N2O3S. The van der Waals surface area contributed by atoms with Gasteiger partial charge in [-0.05, 0) is 50.6 Å². The number of ether oxygens (including phenoxy) is 1. The Morgan fingerprint density at radius 3 is 2.57 bits per heavy atom. The highest BCUT2D eigenvalue weighted by Crippen LogP contribution is 2.20. The molecule has 1 saturated heterocycles. The highest BCUT2D eigenvalue weighted by molar-refractivity contribution is 7.89. The van der Waals surface area contributed by atoms with Gasteiger partial charge in [-0.15, -0.1) is 0 Å². The van der Waals surface area contributed by atoms with Crippen LogP contribution in [0.1, 0.15) is 26.2 Å². The molecule has 2 rings (SSSR count). The Hall–Kier alpha value is -1.11. The Bertz CT molecular complexity index is 537. The molecule has 0 spiro atoms. The van der Waals surface area contributed by atoms with E-state index < -0.39 is 10.0 Å². The third-order valence-electron chi connectivity index (χ3n) is 3.73. The number of likely N-dealkylation sites (N-methyl/N-ethyl adjacent to an activating group) is 1. The van der Waals surface area contributed by atoms with Gasteiger partial charge in [0.15, 0.2) is 0 Å². The quantitative estimate of drug-likeness (QED) is 0.871. The zero-order chi connectivity index (χ0) is 15.3. The van der Waals surface area contributed by atoms with E-state index in [0.29, 0.717) is 23.8 Å². The molecule has 5 nitrogen and oxygen atoms in total. The lowest BCUT2D eigenvalue weighted by Crippen LogP contribution is -2.44. The molecule has 1 atom stereocenters. The largest absolute Gasteiger partial charge is 0.494 e. The minimum Gasteiger partial charge on any atom is -0.494 e. The third-order valence-corrected chi connectivity index (χ3v) is 5.57. The first-order valence-electron chi connectivity index (χ1n) is 7.46. The molecule has 0 amide bonds. The SMILES string of the molecule is CCOc1ccc(S(=O)(=O)N(C)CC2CCCCN2)cc1. The second kappa shape index (κ2) is 7.24. The van der Waals surface area contributed by atoms with Crippen LogP contribution >= 0.6 is 0 Å². The third kappa shape index (κ3) is 4.18. The van der Waals surface area contributed by atoms with Gasteiger partial charge in [-0.1, -0.05) is 6.42 Å². The summed E-state index contributed by atoms with van der Waals surface area (Å²) in [6.07, 6.45) is 3.36. The second-order valence-corrected chi connectivity index (χ2v) is 7.38. The van der Waals surface area contributed by atoms with E-state index in [1.807, 2.05) is 6.92 Å². The van der Waals surface area contributed by atoms with Crippen molar-refractivity contribution in [2.24, 2.45) is 0 Å². The van der Waals surface area contributed by atoms with Gasteiger partial charge in [0.25, 0.3) is 0 Å². The predicted molar refractivity (Wildman–Crippen MR) is 83.1 cm³/mol. The lowest BCUT2D eigenvalue weighted by Gasteiger charge is -2.27. The average molecular weight is 312 g/mol. The smallest absolute Gasteiger partial charge is 0.242 e. The molecule has 0 radical (unpaired) electrons. The maximum absolute atomic E-state index is 12.5. The zero-order valence-corrected chi connectivity index (χ0v) is 13.5. The summed E-state index contributed by atoms with van der Waals surface area (Å²) in [5, 5.41) is 3.37. The fourth-order valence-electron chi connectivity index (χ4n) is 2.54. The number of benzene rings is 1. The van der Waals surface area contributed by atoms with Gasteiger partial charge in [-0.2, -0.15) is 4.31 Å². The summed E-state index contributed by atoms with van der Waals surface area (Å²) >= 11 is 0. The molecule has 1 heterocycles. The summed E-state index contributed by atoms with van der Waals surface area (Å²) in [4.78, 5) is 0.310. The van der Waals surface area contributed by atoms with Crippen LogP contribution in [0.3, 0.4) is 0 Å². The lowest BCUT2D eigenvalue weighted by atomic mass is 10.1. The maximum atomic E-state index is 12.5. The van der Waals surface area contributed by atoms with Crippen molar-refractivity contribution in [1.29, 1.82) is 0 Å². The minimum absolute atomic E-state index is 0.251. The molecule has 1 aromatic carbocycles. The molecule has 0 saturated carbocycles. The summed E-state index contributed by atoms with van der Waals surface area (Å²) in [7, 11) is -1.79. The van der Waals surface area contributed by atoms with Crippen molar-refractivity contribution in [2.75, 3.05) is 26.7 Å². The van der Waals surface area contributed by atoms with E-state index in [0.717, 1.165) is 19.4 Å². The molecule has 0 aliphatic carbocycles. The van der Waals surface area contributed by atoms with Crippen LogP contribution in [0.25, 0.3) is 0 Å². The van der Waals surface area contributed by atoms with Crippen molar-refractivity contribution >= 4 is 10.0 Å². The first-order chi connectivity index (χ1) is 10.0. The lowest BCUT2D eigenvalue weighted by molar-refractivity contribution is 0.336. The van der Waals surface area contributed by atoms with Gasteiger partial charge in [-0.3, -0.25) is 0 Å². The molecule has 1 aliphatic heterocycles. The number of nitrogens with zero attached hydrogens (tertiary/aromatic N) is 1. The number of hydrogen-bond donors (Lipinski definition) is 1. The topological polar surface area (TPSA) is 58.6 Å². The number of piperidine rings is 1.